The highest BCUT2D eigenvalue weighted by molar-refractivity contribution is 7.88. The Labute approximate surface area is 198 Å². The van der Waals surface area contributed by atoms with Crippen LogP contribution in [0.3, 0.4) is 0 Å². The van der Waals surface area contributed by atoms with E-state index in [0.29, 0.717) is 48.7 Å². The molecule has 4 rings (SSSR count). The number of halogens is 1. The molecule has 2 aromatic rings. The number of morpholine rings is 1. The summed E-state index contributed by atoms with van der Waals surface area (Å²) >= 11 is 0. The molecular weight excluding hydrogens is 461 g/mol. The molecule has 182 valence electrons. The third-order valence-electron chi connectivity index (χ3n) is 6.24. The molecule has 2 aliphatic heterocycles. The number of carbonyl (C=O) groups is 2. The van der Waals surface area contributed by atoms with E-state index < -0.39 is 21.8 Å². The Morgan fingerprint density at radius 2 is 1.85 bits per heavy atom. The van der Waals surface area contributed by atoms with Crippen LogP contribution in [0.4, 0.5) is 10.1 Å². The standard InChI is InChI=1S/C24H28FN3O5S/c1-17-6-7-21(13-22(17)25)28-15-20(12-23(28)29)24(30)26-14-18-4-2-3-5-19(18)16-34(31,32)27-8-10-33-11-9-27/h2-7,13,20H,8-12,14-16H2,1H3,(H,26,30). The first-order valence-corrected chi connectivity index (χ1v) is 12.8. The molecule has 2 amide bonds. The summed E-state index contributed by atoms with van der Waals surface area (Å²) in [5.74, 6) is -1.66. The van der Waals surface area contributed by atoms with Gasteiger partial charge in [0.15, 0.2) is 0 Å². The van der Waals surface area contributed by atoms with Crippen molar-refractivity contribution in [2.75, 3.05) is 37.7 Å². The summed E-state index contributed by atoms with van der Waals surface area (Å²) in [4.78, 5) is 26.7. The maximum atomic E-state index is 13.9. The predicted octanol–water partition coefficient (Wildman–Crippen LogP) is 1.97. The summed E-state index contributed by atoms with van der Waals surface area (Å²) in [5.41, 5.74) is 2.24. The average molecular weight is 490 g/mol. The van der Waals surface area contributed by atoms with Gasteiger partial charge in [0, 0.05) is 38.3 Å². The second-order valence-electron chi connectivity index (χ2n) is 8.59. The van der Waals surface area contributed by atoms with Gasteiger partial charge in [-0.25, -0.2) is 12.8 Å². The van der Waals surface area contributed by atoms with Gasteiger partial charge in [-0.15, -0.1) is 0 Å². The number of benzene rings is 2. The van der Waals surface area contributed by atoms with Crippen LogP contribution in [0.25, 0.3) is 0 Å². The van der Waals surface area contributed by atoms with Crippen molar-refractivity contribution in [3.8, 4) is 0 Å². The number of nitrogens with zero attached hydrogens (tertiary/aromatic N) is 2. The van der Waals surface area contributed by atoms with E-state index in [1.165, 1.54) is 15.3 Å². The quantitative estimate of drug-likeness (QED) is 0.642. The molecule has 1 atom stereocenters. The minimum atomic E-state index is -3.51. The Kier molecular flexibility index (Phi) is 7.30. The zero-order valence-corrected chi connectivity index (χ0v) is 19.8. The van der Waals surface area contributed by atoms with Crippen molar-refractivity contribution in [3.05, 3.63) is 65.0 Å². The van der Waals surface area contributed by atoms with Gasteiger partial charge in [0.2, 0.25) is 21.8 Å². The van der Waals surface area contributed by atoms with Crippen molar-refractivity contribution in [2.45, 2.75) is 25.6 Å². The number of amides is 2. The van der Waals surface area contributed by atoms with Crippen LogP contribution in [-0.2, 0) is 36.6 Å². The highest BCUT2D eigenvalue weighted by Crippen LogP contribution is 2.27. The largest absolute Gasteiger partial charge is 0.379 e. The number of anilines is 1. The third-order valence-corrected chi connectivity index (χ3v) is 8.06. The van der Waals surface area contributed by atoms with Gasteiger partial charge in [0.25, 0.3) is 0 Å². The molecule has 2 fully saturated rings. The Hall–Kier alpha value is -2.82. The molecular formula is C24H28FN3O5S. The number of hydrogen-bond acceptors (Lipinski definition) is 5. The number of hydrogen-bond donors (Lipinski definition) is 1. The van der Waals surface area contributed by atoms with Gasteiger partial charge in [0.1, 0.15) is 5.82 Å². The molecule has 8 nitrogen and oxygen atoms in total. The average Bonchev–Trinajstić information content (AvgIpc) is 3.22. The third kappa shape index (κ3) is 5.45. The molecule has 0 radical (unpaired) electrons. The van der Waals surface area contributed by atoms with Gasteiger partial charge in [-0.2, -0.15) is 4.31 Å². The molecule has 34 heavy (non-hydrogen) atoms. The van der Waals surface area contributed by atoms with Gasteiger partial charge >= 0.3 is 0 Å². The predicted molar refractivity (Wildman–Crippen MR) is 125 cm³/mol. The van der Waals surface area contributed by atoms with E-state index in [4.69, 9.17) is 4.74 Å². The van der Waals surface area contributed by atoms with Crippen molar-refractivity contribution in [2.24, 2.45) is 5.92 Å². The number of aryl methyl sites for hydroxylation is 1. The highest BCUT2D eigenvalue weighted by atomic mass is 32.2. The SMILES string of the molecule is Cc1ccc(N2CC(C(=O)NCc3ccccc3CS(=O)(=O)N3CCOCC3)CC2=O)cc1F. The Morgan fingerprint density at radius 3 is 2.56 bits per heavy atom. The number of ether oxygens (including phenoxy) is 1. The fraction of sp³-hybridized carbons (Fsp3) is 0.417. The smallest absolute Gasteiger partial charge is 0.227 e. The fourth-order valence-corrected chi connectivity index (χ4v) is 5.76. The van der Waals surface area contributed by atoms with E-state index in [1.807, 2.05) is 0 Å². The van der Waals surface area contributed by atoms with E-state index in [0.717, 1.165) is 0 Å². The van der Waals surface area contributed by atoms with Crippen LogP contribution in [0, 0.1) is 18.7 Å². The lowest BCUT2D eigenvalue weighted by Crippen LogP contribution is -2.41. The second kappa shape index (κ2) is 10.2. The first-order chi connectivity index (χ1) is 16.2. The molecule has 2 aliphatic rings. The van der Waals surface area contributed by atoms with E-state index in [2.05, 4.69) is 5.32 Å². The van der Waals surface area contributed by atoms with E-state index in [1.54, 1.807) is 43.3 Å². The molecule has 0 saturated carbocycles. The van der Waals surface area contributed by atoms with Gasteiger partial charge in [-0.05, 0) is 35.7 Å². The van der Waals surface area contributed by atoms with Crippen LogP contribution >= 0.6 is 0 Å². The number of sulfonamides is 1. The van der Waals surface area contributed by atoms with Crippen molar-refractivity contribution in [1.82, 2.24) is 9.62 Å². The number of rotatable bonds is 7. The lowest BCUT2D eigenvalue weighted by Gasteiger charge is -2.26. The minimum absolute atomic E-state index is 0.0361. The Bertz CT molecular complexity index is 1180. The maximum absolute atomic E-state index is 13.9. The molecule has 10 heteroatoms. The van der Waals surface area contributed by atoms with Crippen LogP contribution in [0.5, 0.6) is 0 Å². The van der Waals surface area contributed by atoms with Gasteiger partial charge in [0.05, 0.1) is 24.9 Å². The summed E-state index contributed by atoms with van der Waals surface area (Å²) in [5, 5.41) is 2.84. The molecule has 2 saturated heterocycles. The lowest BCUT2D eigenvalue weighted by atomic mass is 10.1. The van der Waals surface area contributed by atoms with Gasteiger partial charge in [-0.1, -0.05) is 30.3 Å². The van der Waals surface area contributed by atoms with Crippen LogP contribution in [0.15, 0.2) is 42.5 Å². The Balaban J connectivity index is 1.39. The minimum Gasteiger partial charge on any atom is -0.379 e. The van der Waals surface area contributed by atoms with Gasteiger partial charge < -0.3 is 15.0 Å². The van der Waals surface area contributed by atoms with Crippen LogP contribution in [-0.4, -0.2) is 57.4 Å². The molecule has 1 unspecified atom stereocenters. The summed E-state index contributed by atoms with van der Waals surface area (Å²) in [6.07, 6.45) is 0.0361. The van der Waals surface area contributed by atoms with Gasteiger partial charge in [-0.3, -0.25) is 9.59 Å². The van der Waals surface area contributed by atoms with E-state index >= 15 is 0 Å². The van der Waals surface area contributed by atoms with Crippen molar-refractivity contribution in [1.29, 1.82) is 0 Å². The highest BCUT2D eigenvalue weighted by Gasteiger charge is 2.35. The topological polar surface area (TPSA) is 96.0 Å². The second-order valence-corrected chi connectivity index (χ2v) is 10.6. The van der Waals surface area contributed by atoms with Crippen molar-refractivity contribution >= 4 is 27.5 Å². The summed E-state index contributed by atoms with van der Waals surface area (Å²) in [7, 11) is -3.51. The first kappa shape index (κ1) is 24.3. The number of nitrogens with one attached hydrogen (secondary N) is 1. The first-order valence-electron chi connectivity index (χ1n) is 11.2. The van der Waals surface area contributed by atoms with Crippen molar-refractivity contribution < 1.29 is 27.1 Å². The normalized spacial score (nSPS) is 19.4. The van der Waals surface area contributed by atoms with E-state index in [-0.39, 0.29) is 37.1 Å². The van der Waals surface area contributed by atoms with Crippen LogP contribution in [0.1, 0.15) is 23.1 Å². The fourth-order valence-electron chi connectivity index (χ4n) is 4.19. The van der Waals surface area contributed by atoms with Crippen molar-refractivity contribution in [3.63, 3.8) is 0 Å². The zero-order chi connectivity index (χ0) is 24.3. The summed E-state index contributed by atoms with van der Waals surface area (Å²) in [6.45, 7) is 3.38. The summed E-state index contributed by atoms with van der Waals surface area (Å²) < 4.78 is 46.2. The molecule has 0 spiro atoms. The lowest BCUT2D eigenvalue weighted by molar-refractivity contribution is -0.126. The molecule has 1 N–H and O–H groups in total. The molecule has 0 aliphatic carbocycles. The molecule has 2 aromatic carbocycles. The molecule has 0 bridgehead atoms. The monoisotopic (exact) mass is 489 g/mol. The van der Waals surface area contributed by atoms with E-state index in [9.17, 15) is 22.4 Å². The van der Waals surface area contributed by atoms with Crippen LogP contribution < -0.4 is 10.2 Å². The Morgan fingerprint density at radius 1 is 1.15 bits per heavy atom. The number of carbonyl (C=O) groups excluding carboxylic acids is 2. The zero-order valence-electron chi connectivity index (χ0n) is 19.0. The van der Waals surface area contributed by atoms with Crippen LogP contribution in [0.2, 0.25) is 0 Å². The maximum Gasteiger partial charge on any atom is 0.227 e. The molecule has 2 heterocycles. The summed E-state index contributed by atoms with van der Waals surface area (Å²) in [6, 6.07) is 11.7. The molecule has 0 aromatic heterocycles.